The number of hydrogen-bond donors (Lipinski definition) is 2. The topological polar surface area (TPSA) is 65.1 Å². The number of rotatable bonds is 4. The predicted octanol–water partition coefficient (Wildman–Crippen LogP) is 2.40. The first-order valence-corrected chi connectivity index (χ1v) is 6.72. The first-order chi connectivity index (χ1) is 9.08. The van der Waals surface area contributed by atoms with Crippen molar-refractivity contribution in [3.8, 4) is 5.75 Å². The molecule has 0 spiro atoms. The Morgan fingerprint density at radius 3 is 2.84 bits per heavy atom. The molecule has 7 heteroatoms. The molecule has 0 aliphatic heterocycles. The molecule has 1 aromatic heterocycles. The molecular formula is C12H14BrClN4O. The SMILES string of the molecule is COc1cnn(C)c1C(NN)c1ccc(Cl)cc1Br. The van der Waals surface area contributed by atoms with E-state index in [4.69, 9.17) is 22.2 Å². The van der Waals surface area contributed by atoms with Crippen molar-refractivity contribution >= 4 is 27.5 Å². The number of aromatic nitrogens is 2. The van der Waals surface area contributed by atoms with Gasteiger partial charge in [-0.3, -0.25) is 10.5 Å². The number of ether oxygens (including phenoxy) is 1. The molecule has 102 valence electrons. The van der Waals surface area contributed by atoms with Crippen LogP contribution in [0.3, 0.4) is 0 Å². The molecule has 19 heavy (non-hydrogen) atoms. The van der Waals surface area contributed by atoms with Crippen LogP contribution < -0.4 is 16.0 Å². The van der Waals surface area contributed by atoms with Gasteiger partial charge in [0.25, 0.3) is 0 Å². The van der Waals surface area contributed by atoms with E-state index in [9.17, 15) is 0 Å². The van der Waals surface area contributed by atoms with Crippen LogP contribution in [0.1, 0.15) is 17.3 Å². The quantitative estimate of drug-likeness (QED) is 0.660. The van der Waals surface area contributed by atoms with Gasteiger partial charge in [-0.25, -0.2) is 5.43 Å². The number of halogens is 2. The lowest BCUT2D eigenvalue weighted by Crippen LogP contribution is -2.31. The van der Waals surface area contributed by atoms with E-state index in [1.54, 1.807) is 18.0 Å². The highest BCUT2D eigenvalue weighted by Crippen LogP contribution is 2.34. The van der Waals surface area contributed by atoms with E-state index in [1.165, 1.54) is 0 Å². The largest absolute Gasteiger partial charge is 0.493 e. The number of nitrogens with zero attached hydrogens (tertiary/aromatic N) is 2. The van der Waals surface area contributed by atoms with E-state index in [0.29, 0.717) is 10.8 Å². The summed E-state index contributed by atoms with van der Waals surface area (Å²) in [5.41, 5.74) is 4.58. The molecule has 1 unspecified atom stereocenters. The van der Waals surface area contributed by atoms with Gasteiger partial charge >= 0.3 is 0 Å². The fourth-order valence-electron chi connectivity index (χ4n) is 1.96. The van der Waals surface area contributed by atoms with Crippen molar-refractivity contribution in [2.45, 2.75) is 6.04 Å². The van der Waals surface area contributed by atoms with Crippen molar-refractivity contribution in [3.63, 3.8) is 0 Å². The van der Waals surface area contributed by atoms with Crippen LogP contribution in [-0.4, -0.2) is 16.9 Å². The number of hydrogen-bond acceptors (Lipinski definition) is 4. The lowest BCUT2D eigenvalue weighted by atomic mass is 10.0. The fourth-order valence-corrected chi connectivity index (χ4v) is 2.88. The second kappa shape index (κ2) is 5.92. The number of aryl methyl sites for hydroxylation is 1. The van der Waals surface area contributed by atoms with Crippen LogP contribution in [0.25, 0.3) is 0 Å². The Hall–Kier alpha value is -1.08. The highest BCUT2D eigenvalue weighted by molar-refractivity contribution is 9.10. The zero-order valence-electron chi connectivity index (χ0n) is 10.5. The maximum Gasteiger partial charge on any atom is 0.161 e. The second-order valence-electron chi connectivity index (χ2n) is 3.99. The van der Waals surface area contributed by atoms with Crippen molar-refractivity contribution in [1.29, 1.82) is 0 Å². The minimum atomic E-state index is -0.255. The molecule has 1 atom stereocenters. The minimum Gasteiger partial charge on any atom is -0.493 e. The van der Waals surface area contributed by atoms with Crippen molar-refractivity contribution < 1.29 is 4.74 Å². The standard InChI is InChI=1S/C12H14BrClN4O/c1-18-12(10(19-2)6-16-18)11(17-15)8-4-3-7(14)5-9(8)13/h3-6,11,17H,15H2,1-2H3. The first kappa shape index (κ1) is 14.3. The predicted molar refractivity (Wildman–Crippen MR) is 78.1 cm³/mol. The van der Waals surface area contributed by atoms with E-state index >= 15 is 0 Å². The van der Waals surface area contributed by atoms with Crippen molar-refractivity contribution in [2.75, 3.05) is 7.11 Å². The summed E-state index contributed by atoms with van der Waals surface area (Å²) in [7, 11) is 3.44. The lowest BCUT2D eigenvalue weighted by Gasteiger charge is -2.19. The third kappa shape index (κ3) is 2.76. The van der Waals surface area contributed by atoms with Crippen LogP contribution in [-0.2, 0) is 7.05 Å². The van der Waals surface area contributed by atoms with Gasteiger partial charge in [0.2, 0.25) is 0 Å². The molecule has 3 N–H and O–H groups in total. The molecule has 0 aliphatic carbocycles. The smallest absolute Gasteiger partial charge is 0.161 e. The van der Waals surface area contributed by atoms with Crippen molar-refractivity contribution in [1.82, 2.24) is 15.2 Å². The Bertz CT molecular complexity index is 587. The molecule has 1 heterocycles. The highest BCUT2D eigenvalue weighted by atomic mass is 79.9. The maximum atomic E-state index is 5.96. The van der Waals surface area contributed by atoms with Gasteiger partial charge < -0.3 is 4.74 Å². The Labute approximate surface area is 124 Å². The second-order valence-corrected chi connectivity index (χ2v) is 5.28. The van der Waals surface area contributed by atoms with E-state index in [2.05, 4.69) is 26.5 Å². The molecule has 0 saturated heterocycles. The normalized spacial score (nSPS) is 12.5. The lowest BCUT2D eigenvalue weighted by molar-refractivity contribution is 0.401. The van der Waals surface area contributed by atoms with E-state index < -0.39 is 0 Å². The number of methoxy groups -OCH3 is 1. The third-order valence-corrected chi connectivity index (χ3v) is 3.80. The minimum absolute atomic E-state index is 0.255. The van der Waals surface area contributed by atoms with Gasteiger partial charge in [-0.15, -0.1) is 0 Å². The zero-order chi connectivity index (χ0) is 14.0. The van der Waals surface area contributed by atoms with Gasteiger partial charge in [-0.05, 0) is 17.7 Å². The number of hydrazine groups is 1. The molecular weight excluding hydrogens is 332 g/mol. The van der Waals surface area contributed by atoms with Gasteiger partial charge in [0.1, 0.15) is 5.69 Å². The van der Waals surface area contributed by atoms with Crippen LogP contribution in [0.5, 0.6) is 5.75 Å². The summed E-state index contributed by atoms with van der Waals surface area (Å²) < 4.78 is 7.91. The van der Waals surface area contributed by atoms with Gasteiger partial charge in [0, 0.05) is 16.5 Å². The molecule has 2 rings (SSSR count). The Balaban J connectivity index is 2.52. The Kier molecular flexibility index (Phi) is 4.46. The van der Waals surface area contributed by atoms with Crippen LogP contribution >= 0.6 is 27.5 Å². The Morgan fingerprint density at radius 1 is 1.53 bits per heavy atom. The van der Waals surface area contributed by atoms with Crippen LogP contribution in [0.4, 0.5) is 0 Å². The van der Waals surface area contributed by atoms with E-state index in [-0.39, 0.29) is 6.04 Å². The van der Waals surface area contributed by atoms with Gasteiger partial charge in [-0.1, -0.05) is 33.6 Å². The molecule has 5 nitrogen and oxygen atoms in total. The average molecular weight is 346 g/mol. The molecule has 1 aromatic carbocycles. The molecule has 0 amide bonds. The maximum absolute atomic E-state index is 5.96. The summed E-state index contributed by atoms with van der Waals surface area (Å²) in [4.78, 5) is 0. The monoisotopic (exact) mass is 344 g/mol. The van der Waals surface area contributed by atoms with E-state index in [0.717, 1.165) is 15.7 Å². The fraction of sp³-hybridized carbons (Fsp3) is 0.250. The van der Waals surface area contributed by atoms with Crippen LogP contribution in [0.15, 0.2) is 28.9 Å². The summed E-state index contributed by atoms with van der Waals surface area (Å²) >= 11 is 9.45. The molecule has 0 saturated carbocycles. The number of nitrogens with one attached hydrogen (secondary N) is 1. The zero-order valence-corrected chi connectivity index (χ0v) is 12.9. The summed E-state index contributed by atoms with van der Waals surface area (Å²) in [6.07, 6.45) is 1.66. The molecule has 0 radical (unpaired) electrons. The van der Waals surface area contributed by atoms with Gasteiger partial charge in [0.05, 0.1) is 19.3 Å². The van der Waals surface area contributed by atoms with Crippen LogP contribution in [0.2, 0.25) is 5.02 Å². The number of benzene rings is 1. The molecule has 0 bridgehead atoms. The van der Waals surface area contributed by atoms with Gasteiger partial charge in [-0.2, -0.15) is 5.10 Å². The molecule has 0 aliphatic rings. The summed E-state index contributed by atoms with van der Waals surface area (Å²) in [5.74, 6) is 6.37. The molecule has 2 aromatic rings. The van der Waals surface area contributed by atoms with Gasteiger partial charge in [0.15, 0.2) is 5.75 Å². The first-order valence-electron chi connectivity index (χ1n) is 5.55. The van der Waals surface area contributed by atoms with Crippen molar-refractivity contribution in [2.24, 2.45) is 12.9 Å². The Morgan fingerprint density at radius 2 is 2.26 bits per heavy atom. The van der Waals surface area contributed by atoms with Crippen LogP contribution in [0, 0.1) is 0 Å². The number of nitrogens with two attached hydrogens (primary N) is 1. The van der Waals surface area contributed by atoms with Crippen molar-refractivity contribution in [3.05, 3.63) is 45.1 Å². The van der Waals surface area contributed by atoms with E-state index in [1.807, 2.05) is 25.2 Å². The molecule has 0 fully saturated rings. The third-order valence-electron chi connectivity index (χ3n) is 2.88. The summed E-state index contributed by atoms with van der Waals surface area (Å²) in [6, 6.07) is 5.29. The summed E-state index contributed by atoms with van der Waals surface area (Å²) in [6.45, 7) is 0. The average Bonchev–Trinajstić information content (AvgIpc) is 2.74. The highest BCUT2D eigenvalue weighted by Gasteiger charge is 2.23. The summed E-state index contributed by atoms with van der Waals surface area (Å²) in [5, 5.41) is 4.84.